The minimum Gasteiger partial charge on any atom is -0.452 e. The van der Waals surface area contributed by atoms with Crippen LogP contribution in [0.3, 0.4) is 0 Å². The number of nitro groups is 1. The molecule has 0 bridgehead atoms. The van der Waals surface area contributed by atoms with Crippen LogP contribution in [0.15, 0.2) is 18.2 Å². The minimum absolute atomic E-state index is 0.0702. The number of hydrogen-bond acceptors (Lipinski definition) is 7. The first-order valence-electron chi connectivity index (χ1n) is 7.88. The van der Waals surface area contributed by atoms with Gasteiger partial charge in [-0.05, 0) is 25.5 Å². The molecule has 0 aliphatic carbocycles. The lowest BCUT2D eigenvalue weighted by Gasteiger charge is -2.13. The molecule has 0 saturated carbocycles. The highest BCUT2D eigenvalue weighted by Crippen LogP contribution is 2.27. The first-order chi connectivity index (χ1) is 12.1. The van der Waals surface area contributed by atoms with Gasteiger partial charge < -0.3 is 15.0 Å². The standard InChI is InChI=1S/C16H22N4O6/c1-5-10(2)17-16(23)18-14(21)9-26-15(22)11-6-7-12(19(3)4)13(8-11)20(24)25/h6-8,10H,5,9H2,1-4H3,(H2,17,18,21,23)/t10-/m1/s1. The van der Waals surface area contributed by atoms with Crippen molar-refractivity contribution in [3.8, 4) is 0 Å². The van der Waals surface area contributed by atoms with Crippen LogP contribution in [0.1, 0.15) is 30.6 Å². The van der Waals surface area contributed by atoms with Crippen molar-refractivity contribution in [2.75, 3.05) is 25.6 Å². The number of ether oxygens (including phenoxy) is 1. The zero-order valence-electron chi connectivity index (χ0n) is 15.1. The number of amides is 3. The van der Waals surface area contributed by atoms with E-state index in [1.54, 1.807) is 21.0 Å². The number of carbonyl (C=O) groups excluding carboxylic acids is 3. The topological polar surface area (TPSA) is 131 Å². The van der Waals surface area contributed by atoms with Crippen LogP contribution in [0.5, 0.6) is 0 Å². The molecule has 0 aliphatic rings. The number of nitrogens with one attached hydrogen (secondary N) is 2. The molecule has 10 nitrogen and oxygen atoms in total. The second-order valence-corrected chi connectivity index (χ2v) is 5.76. The van der Waals surface area contributed by atoms with Gasteiger partial charge in [-0.25, -0.2) is 9.59 Å². The molecule has 1 aromatic rings. The van der Waals surface area contributed by atoms with Gasteiger partial charge in [0.1, 0.15) is 5.69 Å². The fraction of sp³-hybridized carbons (Fsp3) is 0.438. The third kappa shape index (κ3) is 6.04. The second kappa shape index (κ2) is 9.35. The predicted octanol–water partition coefficient (Wildman–Crippen LogP) is 1.44. The third-order valence-electron chi connectivity index (χ3n) is 3.47. The van der Waals surface area contributed by atoms with E-state index in [-0.39, 0.29) is 17.3 Å². The van der Waals surface area contributed by atoms with E-state index in [4.69, 9.17) is 4.74 Å². The third-order valence-corrected chi connectivity index (χ3v) is 3.47. The summed E-state index contributed by atoms with van der Waals surface area (Å²) >= 11 is 0. The molecule has 0 aliphatic heterocycles. The SMILES string of the molecule is CC[C@@H](C)NC(=O)NC(=O)COC(=O)c1ccc(N(C)C)c([N+](=O)[O-])c1. The van der Waals surface area contributed by atoms with Crippen LogP contribution in [0.25, 0.3) is 0 Å². The van der Waals surface area contributed by atoms with Gasteiger partial charge in [0.05, 0.1) is 10.5 Å². The summed E-state index contributed by atoms with van der Waals surface area (Å²) in [5.74, 6) is -1.71. The molecule has 2 N–H and O–H groups in total. The van der Waals surface area contributed by atoms with E-state index < -0.39 is 29.4 Å². The number of rotatable bonds is 7. The van der Waals surface area contributed by atoms with Crippen molar-refractivity contribution in [2.24, 2.45) is 0 Å². The van der Waals surface area contributed by atoms with Crippen molar-refractivity contribution in [1.29, 1.82) is 0 Å². The zero-order chi connectivity index (χ0) is 19.9. The summed E-state index contributed by atoms with van der Waals surface area (Å²) in [7, 11) is 3.27. The summed E-state index contributed by atoms with van der Waals surface area (Å²) in [6.07, 6.45) is 0.693. The maximum atomic E-state index is 12.0. The molecular formula is C16H22N4O6. The van der Waals surface area contributed by atoms with E-state index in [1.165, 1.54) is 17.0 Å². The van der Waals surface area contributed by atoms with Crippen molar-refractivity contribution in [1.82, 2.24) is 10.6 Å². The van der Waals surface area contributed by atoms with E-state index in [9.17, 15) is 24.5 Å². The smallest absolute Gasteiger partial charge is 0.338 e. The summed E-state index contributed by atoms with van der Waals surface area (Å²) < 4.78 is 4.79. The van der Waals surface area contributed by atoms with Crippen LogP contribution in [0.4, 0.5) is 16.2 Å². The van der Waals surface area contributed by atoms with Crippen LogP contribution in [-0.4, -0.2) is 49.6 Å². The number of benzene rings is 1. The monoisotopic (exact) mass is 366 g/mol. The summed E-state index contributed by atoms with van der Waals surface area (Å²) in [4.78, 5) is 47.1. The van der Waals surface area contributed by atoms with Gasteiger partial charge in [0.25, 0.3) is 11.6 Å². The Labute approximate surface area is 150 Å². The molecule has 0 radical (unpaired) electrons. The summed E-state index contributed by atoms with van der Waals surface area (Å²) in [6.45, 7) is 2.96. The molecule has 0 spiro atoms. The first kappa shape index (κ1) is 20.9. The molecule has 0 fully saturated rings. The normalized spacial score (nSPS) is 11.2. The molecule has 1 atom stereocenters. The van der Waals surface area contributed by atoms with Crippen LogP contribution >= 0.6 is 0 Å². The highest BCUT2D eigenvalue weighted by atomic mass is 16.6. The van der Waals surface area contributed by atoms with E-state index >= 15 is 0 Å². The molecule has 0 saturated heterocycles. The number of esters is 1. The Hall–Kier alpha value is -3.17. The van der Waals surface area contributed by atoms with Gasteiger partial charge in [0.2, 0.25) is 0 Å². The lowest BCUT2D eigenvalue weighted by Crippen LogP contribution is -2.44. The van der Waals surface area contributed by atoms with Crippen molar-refractivity contribution < 1.29 is 24.0 Å². The molecule has 1 aromatic carbocycles. The Bertz CT molecular complexity index is 704. The van der Waals surface area contributed by atoms with Gasteiger partial charge in [-0.3, -0.25) is 20.2 Å². The summed E-state index contributed by atoms with van der Waals surface area (Å²) in [5, 5.41) is 15.7. The Morgan fingerprint density at radius 2 is 1.96 bits per heavy atom. The van der Waals surface area contributed by atoms with Crippen molar-refractivity contribution >= 4 is 29.3 Å². The van der Waals surface area contributed by atoms with Gasteiger partial charge in [0, 0.05) is 26.2 Å². The molecular weight excluding hydrogens is 344 g/mol. The Kier molecular flexibility index (Phi) is 7.51. The largest absolute Gasteiger partial charge is 0.452 e. The van der Waals surface area contributed by atoms with Crippen molar-refractivity contribution in [2.45, 2.75) is 26.3 Å². The second-order valence-electron chi connectivity index (χ2n) is 5.76. The molecule has 0 heterocycles. The highest BCUT2D eigenvalue weighted by molar-refractivity contribution is 5.97. The van der Waals surface area contributed by atoms with Crippen LogP contribution < -0.4 is 15.5 Å². The lowest BCUT2D eigenvalue weighted by atomic mass is 10.1. The summed E-state index contributed by atoms with van der Waals surface area (Å²) in [6, 6.07) is 3.05. The molecule has 0 aromatic heterocycles. The average molecular weight is 366 g/mol. The van der Waals surface area contributed by atoms with Crippen LogP contribution in [0, 0.1) is 10.1 Å². The quantitative estimate of drug-likeness (QED) is 0.424. The van der Waals surface area contributed by atoms with E-state index in [1.807, 2.05) is 12.2 Å². The number of nitro benzene ring substituents is 1. The van der Waals surface area contributed by atoms with E-state index in [0.29, 0.717) is 12.1 Å². The first-order valence-corrected chi connectivity index (χ1v) is 7.88. The Morgan fingerprint density at radius 3 is 2.50 bits per heavy atom. The molecule has 0 unspecified atom stereocenters. The average Bonchev–Trinajstić information content (AvgIpc) is 2.58. The van der Waals surface area contributed by atoms with Crippen LogP contribution in [-0.2, 0) is 9.53 Å². The fourth-order valence-corrected chi connectivity index (χ4v) is 1.91. The maximum Gasteiger partial charge on any atom is 0.338 e. The minimum atomic E-state index is -0.907. The van der Waals surface area contributed by atoms with Crippen LogP contribution in [0.2, 0.25) is 0 Å². The number of urea groups is 1. The van der Waals surface area contributed by atoms with Gasteiger partial charge in [-0.2, -0.15) is 0 Å². The van der Waals surface area contributed by atoms with E-state index in [2.05, 4.69) is 5.32 Å². The molecule has 10 heteroatoms. The van der Waals surface area contributed by atoms with Crippen molar-refractivity contribution in [3.05, 3.63) is 33.9 Å². The summed E-state index contributed by atoms with van der Waals surface area (Å²) in [5.41, 5.74) is -0.00741. The van der Waals surface area contributed by atoms with Gasteiger partial charge in [-0.1, -0.05) is 6.92 Å². The zero-order valence-corrected chi connectivity index (χ0v) is 15.1. The lowest BCUT2D eigenvalue weighted by molar-refractivity contribution is -0.384. The Morgan fingerprint density at radius 1 is 1.31 bits per heavy atom. The molecule has 26 heavy (non-hydrogen) atoms. The van der Waals surface area contributed by atoms with Gasteiger partial charge >= 0.3 is 12.0 Å². The van der Waals surface area contributed by atoms with Gasteiger partial charge in [0.15, 0.2) is 6.61 Å². The predicted molar refractivity (Wildman–Crippen MR) is 94.1 cm³/mol. The maximum absolute atomic E-state index is 12.0. The number of carbonyl (C=O) groups is 3. The fourth-order valence-electron chi connectivity index (χ4n) is 1.91. The number of hydrogen-bond donors (Lipinski definition) is 2. The molecule has 1 rings (SSSR count). The molecule has 142 valence electrons. The van der Waals surface area contributed by atoms with E-state index in [0.717, 1.165) is 6.07 Å². The van der Waals surface area contributed by atoms with Crippen molar-refractivity contribution in [3.63, 3.8) is 0 Å². The highest BCUT2D eigenvalue weighted by Gasteiger charge is 2.20. The number of imide groups is 1. The Balaban J connectivity index is 2.68. The van der Waals surface area contributed by atoms with Gasteiger partial charge in [-0.15, -0.1) is 0 Å². The number of anilines is 1. The number of nitrogens with zero attached hydrogens (tertiary/aromatic N) is 2. The molecule has 3 amide bonds.